The van der Waals surface area contributed by atoms with Gasteiger partial charge in [0, 0.05) is 19.1 Å². The zero-order chi connectivity index (χ0) is 15.5. The zero-order valence-corrected chi connectivity index (χ0v) is 13.4. The van der Waals surface area contributed by atoms with Crippen molar-refractivity contribution in [3.63, 3.8) is 0 Å². The van der Waals surface area contributed by atoms with Crippen LogP contribution in [0.4, 0.5) is 0 Å². The number of nitrogens with two attached hydrogens (primary N) is 1. The molecule has 1 aromatic carbocycles. The topological polar surface area (TPSA) is 55.6 Å². The van der Waals surface area contributed by atoms with Gasteiger partial charge in [0.25, 0.3) is 5.91 Å². The van der Waals surface area contributed by atoms with Gasteiger partial charge in [-0.3, -0.25) is 9.69 Å². The van der Waals surface area contributed by atoms with Gasteiger partial charge in [-0.2, -0.15) is 0 Å². The number of carbonyl (C=O) groups is 1. The standard InChI is InChI=1S/C17H20N2O2S/c1-12(19-6-8-21-9-7-19)13-2-4-14(5-3-13)15-10-16(17(18)20)22-11-15/h2-5,10-12H,6-9H2,1H3,(H2,18,20). The van der Waals surface area contributed by atoms with E-state index in [1.807, 2.05) is 11.4 Å². The Kier molecular flexibility index (Phi) is 4.57. The van der Waals surface area contributed by atoms with Crippen molar-refractivity contribution >= 4 is 17.2 Å². The maximum atomic E-state index is 11.2. The Labute approximate surface area is 134 Å². The lowest BCUT2D eigenvalue weighted by molar-refractivity contribution is 0.0198. The van der Waals surface area contributed by atoms with Gasteiger partial charge in [0.2, 0.25) is 0 Å². The second-order valence-corrected chi connectivity index (χ2v) is 6.42. The third-order valence-corrected chi connectivity index (χ3v) is 5.11. The lowest BCUT2D eigenvalue weighted by Crippen LogP contribution is -2.37. The van der Waals surface area contributed by atoms with Crippen molar-refractivity contribution in [1.29, 1.82) is 0 Å². The molecule has 2 aromatic rings. The molecule has 1 fully saturated rings. The number of benzene rings is 1. The van der Waals surface area contributed by atoms with Gasteiger partial charge < -0.3 is 10.5 Å². The second kappa shape index (κ2) is 6.60. The number of ether oxygens (including phenoxy) is 1. The van der Waals surface area contributed by atoms with Gasteiger partial charge in [0.1, 0.15) is 0 Å². The number of carbonyl (C=O) groups excluding carboxylic acids is 1. The zero-order valence-electron chi connectivity index (χ0n) is 12.6. The van der Waals surface area contributed by atoms with Gasteiger partial charge in [-0.1, -0.05) is 24.3 Å². The van der Waals surface area contributed by atoms with Crippen molar-refractivity contribution < 1.29 is 9.53 Å². The quantitative estimate of drug-likeness (QED) is 0.943. The predicted molar refractivity (Wildman–Crippen MR) is 89.1 cm³/mol. The summed E-state index contributed by atoms with van der Waals surface area (Å²) < 4.78 is 5.41. The van der Waals surface area contributed by atoms with Crippen LogP contribution >= 0.6 is 11.3 Å². The molecule has 0 saturated carbocycles. The number of primary amides is 1. The van der Waals surface area contributed by atoms with Crippen molar-refractivity contribution in [2.24, 2.45) is 5.73 Å². The Hall–Kier alpha value is -1.69. The Morgan fingerprint density at radius 3 is 2.50 bits per heavy atom. The van der Waals surface area contributed by atoms with Gasteiger partial charge >= 0.3 is 0 Å². The highest BCUT2D eigenvalue weighted by Crippen LogP contribution is 2.28. The van der Waals surface area contributed by atoms with E-state index in [-0.39, 0.29) is 5.91 Å². The summed E-state index contributed by atoms with van der Waals surface area (Å²) in [6.07, 6.45) is 0. The molecule has 2 heterocycles. The average molecular weight is 316 g/mol. The number of morpholine rings is 1. The van der Waals surface area contributed by atoms with Gasteiger partial charge in [0.05, 0.1) is 18.1 Å². The molecule has 1 amide bonds. The third-order valence-electron chi connectivity index (χ3n) is 4.16. The molecule has 4 nitrogen and oxygen atoms in total. The highest BCUT2D eigenvalue weighted by atomic mass is 32.1. The minimum Gasteiger partial charge on any atom is -0.379 e. The van der Waals surface area contributed by atoms with Crippen LogP contribution in [0.3, 0.4) is 0 Å². The number of hydrogen-bond acceptors (Lipinski definition) is 4. The summed E-state index contributed by atoms with van der Waals surface area (Å²) in [6, 6.07) is 10.8. The van der Waals surface area contributed by atoms with E-state index in [9.17, 15) is 4.79 Å². The molecule has 1 saturated heterocycles. The first-order chi connectivity index (χ1) is 10.6. The first-order valence-corrected chi connectivity index (χ1v) is 8.33. The fourth-order valence-corrected chi connectivity index (χ4v) is 3.52. The van der Waals surface area contributed by atoms with E-state index in [0.29, 0.717) is 10.9 Å². The first-order valence-electron chi connectivity index (χ1n) is 7.45. The average Bonchev–Trinajstić information content (AvgIpc) is 3.05. The van der Waals surface area contributed by atoms with Crippen LogP contribution < -0.4 is 5.73 Å². The van der Waals surface area contributed by atoms with Crippen molar-refractivity contribution in [2.45, 2.75) is 13.0 Å². The Morgan fingerprint density at radius 2 is 1.91 bits per heavy atom. The summed E-state index contributed by atoms with van der Waals surface area (Å²) in [4.78, 5) is 14.2. The summed E-state index contributed by atoms with van der Waals surface area (Å²) in [6.45, 7) is 5.82. The number of amides is 1. The fraction of sp³-hybridized carbons (Fsp3) is 0.353. The highest BCUT2D eigenvalue weighted by Gasteiger charge is 2.18. The Balaban J connectivity index is 1.75. The molecule has 0 bridgehead atoms. The molecular formula is C17H20N2O2S. The van der Waals surface area contributed by atoms with Crippen LogP contribution in [0.2, 0.25) is 0 Å². The molecule has 1 aromatic heterocycles. The van der Waals surface area contributed by atoms with Crippen LogP contribution in [0.5, 0.6) is 0 Å². The molecule has 3 rings (SSSR count). The number of rotatable bonds is 4. The van der Waals surface area contributed by atoms with Gasteiger partial charge in [0.15, 0.2) is 0 Å². The Bertz CT molecular complexity index is 645. The van der Waals surface area contributed by atoms with Crippen molar-refractivity contribution in [3.8, 4) is 11.1 Å². The summed E-state index contributed by atoms with van der Waals surface area (Å²) in [7, 11) is 0. The molecule has 0 aliphatic carbocycles. The summed E-state index contributed by atoms with van der Waals surface area (Å²) in [5, 5.41) is 1.97. The lowest BCUT2D eigenvalue weighted by Gasteiger charge is -2.32. The molecule has 5 heteroatoms. The van der Waals surface area contributed by atoms with Crippen LogP contribution in [-0.4, -0.2) is 37.1 Å². The van der Waals surface area contributed by atoms with Crippen LogP contribution in [0.15, 0.2) is 35.7 Å². The Morgan fingerprint density at radius 1 is 1.23 bits per heavy atom. The first kappa shape index (κ1) is 15.2. The monoisotopic (exact) mass is 316 g/mol. The third kappa shape index (κ3) is 3.21. The van der Waals surface area contributed by atoms with Crippen molar-refractivity contribution in [1.82, 2.24) is 4.90 Å². The normalized spacial score (nSPS) is 17.3. The van der Waals surface area contributed by atoms with E-state index in [1.165, 1.54) is 16.9 Å². The molecular weight excluding hydrogens is 296 g/mol. The van der Waals surface area contributed by atoms with Gasteiger partial charge in [-0.15, -0.1) is 11.3 Å². The number of thiophene rings is 1. The van der Waals surface area contributed by atoms with Crippen LogP contribution in [0.1, 0.15) is 28.2 Å². The molecule has 2 N–H and O–H groups in total. The highest BCUT2D eigenvalue weighted by molar-refractivity contribution is 7.12. The number of hydrogen-bond donors (Lipinski definition) is 1. The van der Waals surface area contributed by atoms with E-state index < -0.39 is 0 Å². The predicted octanol–water partition coefficient (Wildman–Crippen LogP) is 2.91. The van der Waals surface area contributed by atoms with Crippen molar-refractivity contribution in [2.75, 3.05) is 26.3 Å². The molecule has 1 atom stereocenters. The molecule has 1 aliphatic rings. The molecule has 0 spiro atoms. The molecule has 0 radical (unpaired) electrons. The second-order valence-electron chi connectivity index (χ2n) is 5.51. The fourth-order valence-electron chi connectivity index (χ4n) is 2.75. The van der Waals surface area contributed by atoms with E-state index in [2.05, 4.69) is 36.1 Å². The lowest BCUT2D eigenvalue weighted by atomic mass is 10.0. The number of nitrogens with zero attached hydrogens (tertiary/aromatic N) is 1. The van der Waals surface area contributed by atoms with E-state index >= 15 is 0 Å². The molecule has 1 aliphatic heterocycles. The van der Waals surface area contributed by atoms with E-state index in [0.717, 1.165) is 37.4 Å². The smallest absolute Gasteiger partial charge is 0.258 e. The molecule has 116 valence electrons. The summed E-state index contributed by atoms with van der Waals surface area (Å²) in [5.74, 6) is -0.367. The van der Waals surface area contributed by atoms with Crippen LogP contribution in [-0.2, 0) is 4.74 Å². The van der Waals surface area contributed by atoms with Crippen molar-refractivity contribution in [3.05, 3.63) is 46.2 Å². The van der Waals surface area contributed by atoms with E-state index in [1.54, 1.807) is 0 Å². The van der Waals surface area contributed by atoms with Crippen LogP contribution in [0, 0.1) is 0 Å². The molecule has 22 heavy (non-hydrogen) atoms. The minimum absolute atomic E-state index is 0.367. The SMILES string of the molecule is CC(c1ccc(-c2csc(C(N)=O)c2)cc1)N1CCOCC1. The largest absolute Gasteiger partial charge is 0.379 e. The maximum absolute atomic E-state index is 11.2. The molecule has 1 unspecified atom stereocenters. The minimum atomic E-state index is -0.367. The van der Waals surface area contributed by atoms with E-state index in [4.69, 9.17) is 10.5 Å². The summed E-state index contributed by atoms with van der Waals surface area (Å²) in [5.41, 5.74) is 8.77. The van der Waals surface area contributed by atoms with Crippen LogP contribution in [0.25, 0.3) is 11.1 Å². The maximum Gasteiger partial charge on any atom is 0.258 e. The van der Waals surface area contributed by atoms with Gasteiger partial charge in [-0.25, -0.2) is 0 Å². The summed E-state index contributed by atoms with van der Waals surface area (Å²) >= 11 is 1.39. The van der Waals surface area contributed by atoms with Gasteiger partial charge in [-0.05, 0) is 35.1 Å².